The Hall–Kier alpha value is 0.1000. The first kappa shape index (κ1) is 15.2. The van der Waals surface area contributed by atoms with E-state index in [9.17, 15) is 0 Å². The van der Waals surface area contributed by atoms with Crippen molar-refractivity contribution in [3.05, 3.63) is 32.7 Å². The molecule has 1 N–H and O–H groups in total. The molecule has 17 heavy (non-hydrogen) atoms. The smallest absolute Gasteiger partial charge is 0.0477 e. The zero-order valence-corrected chi connectivity index (χ0v) is 13.5. The molecule has 0 saturated heterocycles. The van der Waals surface area contributed by atoms with Gasteiger partial charge in [0.1, 0.15) is 0 Å². The lowest BCUT2D eigenvalue weighted by Gasteiger charge is -2.16. The van der Waals surface area contributed by atoms with E-state index in [0.29, 0.717) is 6.04 Å². The number of ether oxygens (including phenoxy) is 1. The van der Waals surface area contributed by atoms with Gasteiger partial charge in [-0.1, -0.05) is 37.9 Å². The average Bonchev–Trinajstić information content (AvgIpc) is 2.28. The van der Waals surface area contributed by atoms with E-state index in [2.05, 4.69) is 62.3 Å². The summed E-state index contributed by atoms with van der Waals surface area (Å²) >= 11 is 7.05. The molecular formula is C13H19Br2NO. The van der Waals surface area contributed by atoms with Gasteiger partial charge in [0, 0.05) is 28.2 Å². The van der Waals surface area contributed by atoms with E-state index in [-0.39, 0.29) is 0 Å². The lowest BCUT2D eigenvalue weighted by Crippen LogP contribution is -2.21. The fourth-order valence-electron chi connectivity index (χ4n) is 1.60. The van der Waals surface area contributed by atoms with Gasteiger partial charge in [-0.15, -0.1) is 0 Å². The third kappa shape index (κ3) is 5.51. The van der Waals surface area contributed by atoms with E-state index in [1.54, 1.807) is 0 Å². The number of hydrogen-bond acceptors (Lipinski definition) is 2. The number of hydrogen-bond donors (Lipinski definition) is 1. The summed E-state index contributed by atoms with van der Waals surface area (Å²) in [6.07, 6.45) is 1.05. The van der Waals surface area contributed by atoms with Gasteiger partial charge in [0.05, 0.1) is 0 Å². The van der Waals surface area contributed by atoms with E-state index in [1.165, 1.54) is 5.56 Å². The number of nitrogens with one attached hydrogen (secondary N) is 1. The van der Waals surface area contributed by atoms with E-state index in [0.717, 1.165) is 35.1 Å². The van der Waals surface area contributed by atoms with Crippen LogP contribution in [-0.4, -0.2) is 19.8 Å². The molecule has 1 aromatic carbocycles. The van der Waals surface area contributed by atoms with Gasteiger partial charge in [-0.05, 0) is 44.5 Å². The van der Waals surface area contributed by atoms with Crippen LogP contribution in [-0.2, 0) is 4.74 Å². The number of benzene rings is 1. The largest absolute Gasteiger partial charge is 0.382 e. The topological polar surface area (TPSA) is 21.3 Å². The third-order valence-corrected chi connectivity index (χ3v) is 3.73. The molecule has 0 aliphatic carbocycles. The van der Waals surface area contributed by atoms with Gasteiger partial charge in [-0.25, -0.2) is 0 Å². The molecule has 0 aliphatic heterocycles. The van der Waals surface area contributed by atoms with Crippen LogP contribution in [0.5, 0.6) is 0 Å². The Bertz CT molecular complexity index is 344. The molecule has 2 nitrogen and oxygen atoms in total. The highest BCUT2D eigenvalue weighted by Gasteiger charge is 2.08. The van der Waals surface area contributed by atoms with Gasteiger partial charge >= 0.3 is 0 Å². The molecule has 0 fully saturated rings. The van der Waals surface area contributed by atoms with Crippen LogP contribution >= 0.6 is 31.9 Å². The van der Waals surface area contributed by atoms with Crippen molar-refractivity contribution in [3.63, 3.8) is 0 Å². The average molecular weight is 365 g/mol. The standard InChI is InChI=1S/C13H19Br2NO/c1-3-17-8-4-7-16-10(2)12-6-5-11(14)9-13(12)15/h5-6,9-10,16H,3-4,7-8H2,1-2H3. The highest BCUT2D eigenvalue weighted by Crippen LogP contribution is 2.26. The maximum absolute atomic E-state index is 5.31. The minimum Gasteiger partial charge on any atom is -0.382 e. The minimum absolute atomic E-state index is 0.346. The normalized spacial score (nSPS) is 12.7. The number of rotatable bonds is 7. The Labute approximate surface area is 120 Å². The summed E-state index contributed by atoms with van der Waals surface area (Å²) in [5.74, 6) is 0. The summed E-state index contributed by atoms with van der Waals surface area (Å²) in [5.41, 5.74) is 1.28. The van der Waals surface area contributed by atoms with Crippen LogP contribution < -0.4 is 5.32 Å². The molecule has 0 aromatic heterocycles. The van der Waals surface area contributed by atoms with Crippen LogP contribution in [0.3, 0.4) is 0 Å². The van der Waals surface area contributed by atoms with Crippen molar-refractivity contribution in [2.24, 2.45) is 0 Å². The molecule has 1 aromatic rings. The van der Waals surface area contributed by atoms with E-state index < -0.39 is 0 Å². The Morgan fingerprint density at radius 1 is 1.35 bits per heavy atom. The van der Waals surface area contributed by atoms with Crippen molar-refractivity contribution in [1.82, 2.24) is 5.32 Å². The molecule has 0 radical (unpaired) electrons. The second kappa shape index (κ2) is 8.25. The molecule has 1 unspecified atom stereocenters. The molecule has 4 heteroatoms. The molecule has 0 heterocycles. The van der Waals surface area contributed by atoms with E-state index in [4.69, 9.17) is 4.74 Å². The van der Waals surface area contributed by atoms with Gasteiger partial charge in [-0.2, -0.15) is 0 Å². The molecule has 0 aliphatic rings. The summed E-state index contributed by atoms with van der Waals surface area (Å²) in [5, 5.41) is 3.49. The van der Waals surface area contributed by atoms with Crippen molar-refractivity contribution in [2.75, 3.05) is 19.8 Å². The summed E-state index contributed by atoms with van der Waals surface area (Å²) in [6.45, 7) is 6.80. The Morgan fingerprint density at radius 2 is 2.12 bits per heavy atom. The van der Waals surface area contributed by atoms with Gasteiger partial charge in [-0.3, -0.25) is 0 Å². The highest BCUT2D eigenvalue weighted by atomic mass is 79.9. The molecular weight excluding hydrogens is 346 g/mol. The first-order chi connectivity index (χ1) is 8.15. The maximum atomic E-state index is 5.31. The van der Waals surface area contributed by atoms with Crippen LogP contribution in [0, 0.1) is 0 Å². The molecule has 0 bridgehead atoms. The predicted molar refractivity (Wildman–Crippen MR) is 79.4 cm³/mol. The molecule has 1 rings (SSSR count). The fourth-order valence-corrected chi connectivity index (χ4v) is 2.99. The van der Waals surface area contributed by atoms with Crippen LogP contribution in [0.4, 0.5) is 0 Å². The van der Waals surface area contributed by atoms with Gasteiger partial charge in [0.25, 0.3) is 0 Å². The van der Waals surface area contributed by atoms with Crippen LogP contribution in [0.25, 0.3) is 0 Å². The third-order valence-electron chi connectivity index (χ3n) is 2.55. The van der Waals surface area contributed by atoms with Crippen molar-refractivity contribution in [3.8, 4) is 0 Å². The fraction of sp³-hybridized carbons (Fsp3) is 0.538. The SMILES string of the molecule is CCOCCCNC(C)c1ccc(Br)cc1Br. The summed E-state index contributed by atoms with van der Waals surface area (Å²) in [4.78, 5) is 0. The van der Waals surface area contributed by atoms with Crippen LogP contribution in [0.2, 0.25) is 0 Å². The minimum atomic E-state index is 0.346. The van der Waals surface area contributed by atoms with Crippen LogP contribution in [0.1, 0.15) is 31.9 Å². The zero-order chi connectivity index (χ0) is 12.7. The second-order valence-electron chi connectivity index (χ2n) is 3.89. The lowest BCUT2D eigenvalue weighted by molar-refractivity contribution is 0.144. The van der Waals surface area contributed by atoms with Crippen molar-refractivity contribution >= 4 is 31.9 Å². The Morgan fingerprint density at radius 3 is 2.76 bits per heavy atom. The molecule has 0 saturated carbocycles. The second-order valence-corrected chi connectivity index (χ2v) is 5.66. The number of halogens is 2. The van der Waals surface area contributed by atoms with Crippen molar-refractivity contribution in [2.45, 2.75) is 26.3 Å². The molecule has 0 amide bonds. The van der Waals surface area contributed by atoms with Crippen molar-refractivity contribution < 1.29 is 4.74 Å². The first-order valence-corrected chi connectivity index (χ1v) is 7.49. The Balaban J connectivity index is 2.38. The maximum Gasteiger partial charge on any atom is 0.0477 e. The van der Waals surface area contributed by atoms with Gasteiger partial charge < -0.3 is 10.1 Å². The van der Waals surface area contributed by atoms with Crippen LogP contribution in [0.15, 0.2) is 27.1 Å². The first-order valence-electron chi connectivity index (χ1n) is 5.91. The molecule has 0 spiro atoms. The molecule has 96 valence electrons. The van der Waals surface area contributed by atoms with Crippen molar-refractivity contribution in [1.29, 1.82) is 0 Å². The summed E-state index contributed by atoms with van der Waals surface area (Å²) in [6, 6.07) is 6.62. The Kier molecular flexibility index (Phi) is 7.35. The quantitative estimate of drug-likeness (QED) is 0.728. The molecule has 1 atom stereocenters. The van der Waals surface area contributed by atoms with E-state index >= 15 is 0 Å². The highest BCUT2D eigenvalue weighted by molar-refractivity contribution is 9.11. The van der Waals surface area contributed by atoms with Gasteiger partial charge in [0.2, 0.25) is 0 Å². The van der Waals surface area contributed by atoms with E-state index in [1.807, 2.05) is 6.92 Å². The predicted octanol–water partition coefficient (Wildman–Crippen LogP) is 4.29. The summed E-state index contributed by atoms with van der Waals surface area (Å²) < 4.78 is 7.53. The monoisotopic (exact) mass is 363 g/mol. The zero-order valence-electron chi connectivity index (χ0n) is 10.3. The van der Waals surface area contributed by atoms with Gasteiger partial charge in [0.15, 0.2) is 0 Å². The lowest BCUT2D eigenvalue weighted by atomic mass is 10.1. The summed E-state index contributed by atoms with van der Waals surface area (Å²) in [7, 11) is 0.